The summed E-state index contributed by atoms with van der Waals surface area (Å²) >= 11 is 1.41. The summed E-state index contributed by atoms with van der Waals surface area (Å²) < 4.78 is 0. The first-order valence-electron chi connectivity index (χ1n) is 4.25. The fourth-order valence-electron chi connectivity index (χ4n) is 1.45. The van der Waals surface area contributed by atoms with Gasteiger partial charge in [-0.25, -0.2) is 4.79 Å². The van der Waals surface area contributed by atoms with Gasteiger partial charge in [-0.15, -0.1) is 0 Å². The van der Waals surface area contributed by atoms with E-state index < -0.39 is 5.97 Å². The molecule has 1 aliphatic carbocycles. The van der Waals surface area contributed by atoms with Gasteiger partial charge in [0.05, 0.1) is 5.56 Å². The highest BCUT2D eigenvalue weighted by molar-refractivity contribution is 7.08. The summed E-state index contributed by atoms with van der Waals surface area (Å²) in [5.74, 6) is -0.361. The van der Waals surface area contributed by atoms with Gasteiger partial charge in [-0.2, -0.15) is 11.3 Å². The number of rotatable bonds is 3. The van der Waals surface area contributed by atoms with Crippen molar-refractivity contribution in [3.8, 4) is 0 Å². The number of nitrogens with two attached hydrogens (primary N) is 1. The molecule has 3 N–H and O–H groups in total. The number of carbonyl (C=O) groups is 1. The minimum Gasteiger partial charge on any atom is -0.478 e. The molecular formula is C9H11NO2S. The van der Waals surface area contributed by atoms with Crippen LogP contribution in [0.1, 0.15) is 34.8 Å². The van der Waals surface area contributed by atoms with E-state index in [9.17, 15) is 4.79 Å². The van der Waals surface area contributed by atoms with Gasteiger partial charge >= 0.3 is 5.97 Å². The molecule has 0 aliphatic heterocycles. The van der Waals surface area contributed by atoms with E-state index in [-0.39, 0.29) is 6.04 Å². The van der Waals surface area contributed by atoms with Crippen LogP contribution < -0.4 is 5.73 Å². The molecule has 1 aromatic rings. The molecule has 1 fully saturated rings. The van der Waals surface area contributed by atoms with Gasteiger partial charge < -0.3 is 10.8 Å². The molecule has 0 bridgehead atoms. The predicted molar refractivity (Wildman–Crippen MR) is 50.9 cm³/mol. The summed E-state index contributed by atoms with van der Waals surface area (Å²) in [6, 6.07) is -0.0719. The first-order valence-corrected chi connectivity index (χ1v) is 5.19. The number of carboxylic acids is 1. The minimum absolute atomic E-state index is 0.0719. The third-order valence-corrected chi connectivity index (χ3v) is 3.17. The first kappa shape index (κ1) is 8.72. The highest BCUT2D eigenvalue weighted by Gasteiger charge is 2.32. The maximum absolute atomic E-state index is 10.8. The zero-order chi connectivity index (χ0) is 9.42. The van der Waals surface area contributed by atoms with Gasteiger partial charge in [0.25, 0.3) is 0 Å². The van der Waals surface area contributed by atoms with Gasteiger partial charge in [0, 0.05) is 11.4 Å². The van der Waals surface area contributed by atoms with Gasteiger partial charge in [-0.1, -0.05) is 0 Å². The van der Waals surface area contributed by atoms with E-state index in [1.165, 1.54) is 11.3 Å². The Balaban J connectivity index is 2.27. The van der Waals surface area contributed by atoms with Crippen molar-refractivity contribution in [2.75, 3.05) is 0 Å². The molecule has 1 unspecified atom stereocenters. The lowest BCUT2D eigenvalue weighted by Crippen LogP contribution is -2.14. The summed E-state index contributed by atoms with van der Waals surface area (Å²) in [7, 11) is 0. The molecule has 13 heavy (non-hydrogen) atoms. The summed E-state index contributed by atoms with van der Waals surface area (Å²) in [6.07, 6.45) is 2.27. The maximum Gasteiger partial charge on any atom is 0.336 e. The van der Waals surface area contributed by atoms with Crippen molar-refractivity contribution >= 4 is 17.3 Å². The Kier molecular flexibility index (Phi) is 2.09. The number of thiophene rings is 1. The molecule has 0 amide bonds. The molecule has 1 aliphatic rings. The normalized spacial score (nSPS) is 18.5. The zero-order valence-corrected chi connectivity index (χ0v) is 7.88. The molecule has 0 radical (unpaired) electrons. The van der Waals surface area contributed by atoms with E-state index in [1.54, 1.807) is 5.38 Å². The van der Waals surface area contributed by atoms with Gasteiger partial charge in [0.15, 0.2) is 0 Å². The highest BCUT2D eigenvalue weighted by atomic mass is 32.1. The summed E-state index contributed by atoms with van der Waals surface area (Å²) in [4.78, 5) is 10.8. The molecule has 1 saturated carbocycles. The van der Waals surface area contributed by atoms with Crippen molar-refractivity contribution < 1.29 is 9.90 Å². The van der Waals surface area contributed by atoms with Crippen molar-refractivity contribution in [1.29, 1.82) is 0 Å². The van der Waals surface area contributed by atoms with E-state index in [0.29, 0.717) is 11.5 Å². The second kappa shape index (κ2) is 3.12. The Hall–Kier alpha value is -0.870. The van der Waals surface area contributed by atoms with Gasteiger partial charge in [-0.05, 0) is 29.7 Å². The van der Waals surface area contributed by atoms with Crippen LogP contribution in [0.5, 0.6) is 0 Å². The Morgan fingerprint density at radius 3 is 2.85 bits per heavy atom. The molecule has 0 saturated heterocycles. The van der Waals surface area contributed by atoms with E-state index in [4.69, 9.17) is 10.8 Å². The molecule has 1 heterocycles. The number of hydrogen-bond donors (Lipinski definition) is 2. The summed E-state index contributed by atoms with van der Waals surface area (Å²) in [6.45, 7) is 0. The smallest absolute Gasteiger partial charge is 0.336 e. The van der Waals surface area contributed by atoms with Crippen molar-refractivity contribution in [3.05, 3.63) is 21.9 Å². The maximum atomic E-state index is 10.8. The SMILES string of the molecule is NC(c1cscc1C(=O)O)C1CC1. The fourth-order valence-corrected chi connectivity index (χ4v) is 2.32. The molecule has 0 spiro atoms. The molecule has 2 rings (SSSR count). The second-order valence-electron chi connectivity index (χ2n) is 3.41. The van der Waals surface area contributed by atoms with E-state index in [2.05, 4.69) is 0 Å². The average molecular weight is 197 g/mol. The second-order valence-corrected chi connectivity index (χ2v) is 4.15. The van der Waals surface area contributed by atoms with Gasteiger partial charge in [0.1, 0.15) is 0 Å². The van der Waals surface area contributed by atoms with Gasteiger partial charge in [0.2, 0.25) is 0 Å². The van der Waals surface area contributed by atoms with E-state index in [1.807, 2.05) is 5.38 Å². The molecule has 1 aromatic heterocycles. The Morgan fingerprint density at radius 1 is 1.62 bits per heavy atom. The molecule has 4 heteroatoms. The van der Waals surface area contributed by atoms with Crippen LogP contribution in [-0.2, 0) is 0 Å². The van der Waals surface area contributed by atoms with Crippen LogP contribution in [0, 0.1) is 5.92 Å². The molecule has 1 atom stereocenters. The largest absolute Gasteiger partial charge is 0.478 e. The van der Waals surface area contributed by atoms with Crippen molar-refractivity contribution in [3.63, 3.8) is 0 Å². The number of hydrogen-bond acceptors (Lipinski definition) is 3. The third-order valence-electron chi connectivity index (χ3n) is 2.41. The topological polar surface area (TPSA) is 63.3 Å². The number of carboxylic acid groups (broad SMARTS) is 1. The quantitative estimate of drug-likeness (QED) is 0.777. The lowest BCUT2D eigenvalue weighted by atomic mass is 10.0. The molecule has 3 nitrogen and oxygen atoms in total. The summed E-state index contributed by atoms with van der Waals surface area (Å²) in [5, 5.41) is 12.4. The molecule has 0 aromatic carbocycles. The van der Waals surface area contributed by atoms with Crippen LogP contribution in [0.2, 0.25) is 0 Å². The van der Waals surface area contributed by atoms with Crippen LogP contribution in [0.25, 0.3) is 0 Å². The van der Waals surface area contributed by atoms with Crippen LogP contribution in [0.15, 0.2) is 10.8 Å². The van der Waals surface area contributed by atoms with Gasteiger partial charge in [-0.3, -0.25) is 0 Å². The van der Waals surface area contributed by atoms with Crippen molar-refractivity contribution in [2.24, 2.45) is 11.7 Å². The fraction of sp³-hybridized carbons (Fsp3) is 0.444. The zero-order valence-electron chi connectivity index (χ0n) is 7.06. The number of aromatic carboxylic acids is 1. The highest BCUT2D eigenvalue weighted by Crippen LogP contribution is 2.41. The standard InChI is InChI=1S/C9H11NO2S/c10-8(5-1-2-5)6-3-13-4-7(6)9(11)12/h3-5,8H,1-2,10H2,(H,11,12). The van der Waals surface area contributed by atoms with Crippen molar-refractivity contribution in [1.82, 2.24) is 0 Å². The van der Waals surface area contributed by atoms with Crippen LogP contribution >= 0.6 is 11.3 Å². The Morgan fingerprint density at radius 2 is 2.31 bits per heavy atom. The monoisotopic (exact) mass is 197 g/mol. The first-order chi connectivity index (χ1) is 6.20. The third kappa shape index (κ3) is 1.59. The van der Waals surface area contributed by atoms with Crippen LogP contribution in [-0.4, -0.2) is 11.1 Å². The van der Waals surface area contributed by atoms with Crippen molar-refractivity contribution in [2.45, 2.75) is 18.9 Å². The van der Waals surface area contributed by atoms with E-state index in [0.717, 1.165) is 18.4 Å². The minimum atomic E-state index is -0.868. The summed E-state index contributed by atoms with van der Waals surface area (Å²) in [5.41, 5.74) is 7.11. The Labute approximate surface area is 80.2 Å². The van der Waals surface area contributed by atoms with Crippen LogP contribution in [0.4, 0.5) is 0 Å². The van der Waals surface area contributed by atoms with E-state index >= 15 is 0 Å². The lowest BCUT2D eigenvalue weighted by Gasteiger charge is -2.08. The Bertz CT molecular complexity index is 330. The average Bonchev–Trinajstić information content (AvgIpc) is 2.80. The molecule has 70 valence electrons. The lowest BCUT2D eigenvalue weighted by molar-refractivity contribution is 0.0695. The molecular weight excluding hydrogens is 186 g/mol. The van der Waals surface area contributed by atoms with Crippen LogP contribution in [0.3, 0.4) is 0 Å². The predicted octanol–water partition coefficient (Wildman–Crippen LogP) is 1.86.